The first-order valence-corrected chi connectivity index (χ1v) is 13.3. The highest BCUT2D eigenvalue weighted by molar-refractivity contribution is 6.51. The van der Waals surface area contributed by atoms with Crippen LogP contribution in [0.5, 0.6) is 5.75 Å². The molecule has 1 heterocycles. The molecule has 1 fully saturated rings. The summed E-state index contributed by atoms with van der Waals surface area (Å²) in [6.07, 6.45) is 0.674. The van der Waals surface area contributed by atoms with Crippen LogP contribution in [0.2, 0.25) is 0 Å². The molecular weight excluding hydrogens is 506 g/mol. The zero-order valence-corrected chi connectivity index (χ0v) is 23.8. The van der Waals surface area contributed by atoms with Crippen LogP contribution < -0.4 is 9.64 Å². The van der Waals surface area contributed by atoms with Crippen LogP contribution >= 0.6 is 0 Å². The maximum absolute atomic E-state index is 13.7. The number of hydrogen-bond donors (Lipinski definition) is 1. The summed E-state index contributed by atoms with van der Waals surface area (Å²) in [5.74, 6) is -2.10. The van der Waals surface area contributed by atoms with Crippen molar-refractivity contribution in [1.82, 2.24) is 0 Å². The monoisotopic (exact) mass is 541 g/mol. The molecule has 0 saturated carbocycles. The number of anilines is 1. The average Bonchev–Trinajstić information content (AvgIpc) is 3.20. The van der Waals surface area contributed by atoms with Crippen LogP contribution in [0.4, 0.5) is 5.69 Å². The molecular formula is C33H35NO6. The van der Waals surface area contributed by atoms with Crippen molar-refractivity contribution in [2.75, 3.05) is 18.6 Å². The van der Waals surface area contributed by atoms with Crippen LogP contribution in [-0.2, 0) is 19.7 Å². The number of ketones is 1. The minimum Gasteiger partial charge on any atom is -0.507 e. The number of carbonyl (C=O) groups is 3. The fraction of sp³-hybridized carbons (Fsp3) is 0.303. The van der Waals surface area contributed by atoms with Crippen LogP contribution in [0, 0.1) is 6.92 Å². The highest BCUT2D eigenvalue weighted by Crippen LogP contribution is 2.44. The van der Waals surface area contributed by atoms with Crippen molar-refractivity contribution in [3.05, 3.63) is 100 Å². The summed E-state index contributed by atoms with van der Waals surface area (Å²) in [6, 6.07) is 18.4. The minimum absolute atomic E-state index is 0.0566. The van der Waals surface area contributed by atoms with Crippen molar-refractivity contribution in [2.24, 2.45) is 0 Å². The molecule has 1 unspecified atom stereocenters. The molecule has 0 aliphatic carbocycles. The highest BCUT2D eigenvalue weighted by atomic mass is 16.5. The van der Waals surface area contributed by atoms with E-state index in [2.05, 4.69) is 0 Å². The van der Waals surface area contributed by atoms with Gasteiger partial charge in [-0.3, -0.25) is 14.5 Å². The van der Waals surface area contributed by atoms with E-state index in [1.165, 1.54) is 18.1 Å². The lowest BCUT2D eigenvalue weighted by Gasteiger charge is -2.26. The lowest BCUT2D eigenvalue weighted by Crippen LogP contribution is -2.29. The SMILES string of the molecule is CCCOC(=O)c1cccc(N2C(=O)C(=O)/C(=C(/O)c3cc(C(C)(C)C)ccc3OC)C2c2cccc(C)c2)c1. The lowest BCUT2D eigenvalue weighted by atomic mass is 9.85. The van der Waals surface area contributed by atoms with Gasteiger partial charge in [-0.15, -0.1) is 0 Å². The van der Waals surface area contributed by atoms with E-state index in [4.69, 9.17) is 9.47 Å². The second-order valence-corrected chi connectivity index (χ2v) is 10.9. The first-order chi connectivity index (χ1) is 19.0. The van der Waals surface area contributed by atoms with E-state index in [9.17, 15) is 19.5 Å². The number of Topliss-reactive ketones (excluding diaryl/α,β-unsaturated/α-hetero) is 1. The molecule has 3 aromatic carbocycles. The normalized spacial score (nSPS) is 16.8. The first-order valence-electron chi connectivity index (χ1n) is 13.3. The Morgan fingerprint density at radius 3 is 2.38 bits per heavy atom. The van der Waals surface area contributed by atoms with Crippen LogP contribution in [0.3, 0.4) is 0 Å². The highest BCUT2D eigenvalue weighted by Gasteiger charge is 2.47. The summed E-state index contributed by atoms with van der Waals surface area (Å²) in [5, 5.41) is 11.7. The van der Waals surface area contributed by atoms with Gasteiger partial charge in [0.05, 0.1) is 36.5 Å². The number of rotatable bonds is 7. The third kappa shape index (κ3) is 5.50. The van der Waals surface area contributed by atoms with E-state index in [1.54, 1.807) is 30.3 Å². The number of amides is 1. The third-order valence-electron chi connectivity index (χ3n) is 6.92. The molecule has 1 atom stereocenters. The molecule has 1 amide bonds. The Morgan fingerprint density at radius 1 is 1.00 bits per heavy atom. The van der Waals surface area contributed by atoms with Gasteiger partial charge in [0.25, 0.3) is 11.7 Å². The van der Waals surface area contributed by atoms with Gasteiger partial charge in [-0.2, -0.15) is 0 Å². The molecule has 4 rings (SSSR count). The van der Waals surface area contributed by atoms with Gasteiger partial charge in [0.15, 0.2) is 0 Å². The second kappa shape index (κ2) is 11.4. The van der Waals surface area contributed by atoms with Gasteiger partial charge in [-0.25, -0.2) is 4.79 Å². The molecule has 208 valence electrons. The Balaban J connectivity index is 1.95. The van der Waals surface area contributed by atoms with Crippen LogP contribution in [0.1, 0.15) is 72.8 Å². The number of methoxy groups -OCH3 is 1. The Morgan fingerprint density at radius 2 is 1.73 bits per heavy atom. The third-order valence-corrected chi connectivity index (χ3v) is 6.92. The predicted octanol–water partition coefficient (Wildman–Crippen LogP) is 6.49. The number of hydrogen-bond acceptors (Lipinski definition) is 6. The number of nitrogens with zero attached hydrogens (tertiary/aromatic N) is 1. The van der Waals surface area contributed by atoms with Gasteiger partial charge in [-0.1, -0.05) is 69.7 Å². The minimum atomic E-state index is -0.940. The van der Waals surface area contributed by atoms with E-state index in [1.807, 2.05) is 65.0 Å². The predicted molar refractivity (Wildman–Crippen MR) is 155 cm³/mol. The molecule has 1 aliphatic heterocycles. The molecule has 0 aromatic heterocycles. The van der Waals surface area contributed by atoms with Gasteiger partial charge in [-0.05, 0) is 60.2 Å². The number of ether oxygens (including phenoxy) is 2. The molecule has 1 saturated heterocycles. The maximum atomic E-state index is 13.7. The number of aliphatic hydroxyl groups excluding tert-OH is 1. The molecule has 1 aliphatic rings. The number of aliphatic hydroxyl groups is 1. The lowest BCUT2D eigenvalue weighted by molar-refractivity contribution is -0.132. The fourth-order valence-electron chi connectivity index (χ4n) is 4.82. The van der Waals surface area contributed by atoms with Gasteiger partial charge in [0.1, 0.15) is 11.5 Å². The summed E-state index contributed by atoms with van der Waals surface area (Å²) in [4.78, 5) is 41.2. The van der Waals surface area contributed by atoms with E-state index in [-0.39, 0.29) is 28.9 Å². The van der Waals surface area contributed by atoms with E-state index in [0.29, 0.717) is 29.0 Å². The molecule has 3 aromatic rings. The summed E-state index contributed by atoms with van der Waals surface area (Å²) in [6.45, 7) is 10.2. The Kier molecular flexibility index (Phi) is 8.14. The van der Waals surface area contributed by atoms with Crippen molar-refractivity contribution >= 4 is 29.1 Å². The topological polar surface area (TPSA) is 93.1 Å². The molecule has 0 spiro atoms. The molecule has 0 bridgehead atoms. The Labute approximate surface area is 235 Å². The number of benzene rings is 3. The summed E-state index contributed by atoms with van der Waals surface area (Å²) in [5.41, 5.74) is 3.12. The standard InChI is InChI=1S/C33H35NO6/c1-7-16-40-32(38)22-12-9-13-24(18-22)34-28(21-11-8-10-20(2)17-21)27(30(36)31(34)37)29(35)25-19-23(33(3,4)5)14-15-26(25)39-6/h8-15,17-19,28,35H,7,16H2,1-6H3/b29-27+. The fourth-order valence-corrected chi connectivity index (χ4v) is 4.82. The van der Waals surface area contributed by atoms with Crippen molar-refractivity contribution in [2.45, 2.75) is 52.5 Å². The van der Waals surface area contributed by atoms with Crippen LogP contribution in [0.25, 0.3) is 5.76 Å². The van der Waals surface area contributed by atoms with E-state index < -0.39 is 23.7 Å². The first kappa shape index (κ1) is 28.6. The number of carbonyl (C=O) groups excluding carboxylic acids is 3. The largest absolute Gasteiger partial charge is 0.507 e. The number of aryl methyl sites for hydroxylation is 1. The Hall–Kier alpha value is -4.39. The molecule has 7 heteroatoms. The summed E-state index contributed by atoms with van der Waals surface area (Å²) >= 11 is 0. The van der Waals surface area contributed by atoms with Crippen molar-refractivity contribution in [3.8, 4) is 5.75 Å². The van der Waals surface area contributed by atoms with E-state index >= 15 is 0 Å². The van der Waals surface area contributed by atoms with Gasteiger partial charge >= 0.3 is 5.97 Å². The molecule has 40 heavy (non-hydrogen) atoms. The van der Waals surface area contributed by atoms with Crippen molar-refractivity contribution in [3.63, 3.8) is 0 Å². The van der Waals surface area contributed by atoms with Crippen LogP contribution in [-0.4, -0.2) is 36.5 Å². The van der Waals surface area contributed by atoms with Crippen molar-refractivity contribution < 1.29 is 29.0 Å². The molecule has 7 nitrogen and oxygen atoms in total. The van der Waals surface area contributed by atoms with Gasteiger partial charge < -0.3 is 14.6 Å². The Bertz CT molecular complexity index is 1500. The zero-order valence-electron chi connectivity index (χ0n) is 23.8. The molecule has 0 radical (unpaired) electrons. The van der Waals surface area contributed by atoms with E-state index in [0.717, 1.165) is 11.1 Å². The zero-order chi connectivity index (χ0) is 29.2. The maximum Gasteiger partial charge on any atom is 0.338 e. The van der Waals surface area contributed by atoms with Crippen LogP contribution in [0.15, 0.2) is 72.3 Å². The van der Waals surface area contributed by atoms with Gasteiger partial charge in [0, 0.05) is 5.69 Å². The van der Waals surface area contributed by atoms with Crippen molar-refractivity contribution in [1.29, 1.82) is 0 Å². The summed E-state index contributed by atoms with van der Waals surface area (Å²) in [7, 11) is 1.49. The quantitative estimate of drug-likeness (QED) is 0.159. The number of esters is 1. The van der Waals surface area contributed by atoms with Gasteiger partial charge in [0.2, 0.25) is 0 Å². The second-order valence-electron chi connectivity index (χ2n) is 10.9. The summed E-state index contributed by atoms with van der Waals surface area (Å²) < 4.78 is 10.8. The smallest absolute Gasteiger partial charge is 0.338 e. The average molecular weight is 542 g/mol. The molecule has 1 N–H and O–H groups in total.